The highest BCUT2D eigenvalue weighted by Gasteiger charge is 2.20. The smallest absolute Gasteiger partial charge is 0.326 e. The Morgan fingerprint density at radius 2 is 0.974 bits per heavy atom. The average Bonchev–Trinajstić information content (AvgIpc) is 2.92. The molecule has 0 heterocycles. The standard InChI is InChI=1S/C34H59NO4/c1-2-3-4-5-6-7-8-9-10-11-12-13-14-15-16-17-18-19-20-21-22-23-24-33(37)35-32(34(38)39)29-30-25-27-31(36)28-26-30/h25-28,32,36H,2-24,29H2,1H3,(H,35,37)(H,38,39)/t32-/m0/s1. The Morgan fingerprint density at radius 1 is 0.615 bits per heavy atom. The number of benzene rings is 1. The number of carboxylic acids is 1. The third kappa shape index (κ3) is 21.5. The van der Waals surface area contributed by atoms with Crippen molar-refractivity contribution in [1.29, 1.82) is 0 Å². The van der Waals surface area contributed by atoms with E-state index in [2.05, 4.69) is 12.2 Å². The average molecular weight is 546 g/mol. The summed E-state index contributed by atoms with van der Waals surface area (Å²) in [6, 6.07) is 5.46. The van der Waals surface area contributed by atoms with Crippen LogP contribution in [0.25, 0.3) is 0 Å². The van der Waals surface area contributed by atoms with Crippen LogP contribution in [-0.2, 0) is 16.0 Å². The Labute approximate surface area is 239 Å². The van der Waals surface area contributed by atoms with Gasteiger partial charge < -0.3 is 15.5 Å². The number of amides is 1. The van der Waals surface area contributed by atoms with E-state index in [0.717, 1.165) is 24.8 Å². The first-order valence-electron chi connectivity index (χ1n) is 16.3. The number of nitrogens with one attached hydrogen (secondary N) is 1. The van der Waals surface area contributed by atoms with Gasteiger partial charge in [-0.3, -0.25) is 4.79 Å². The van der Waals surface area contributed by atoms with Crippen LogP contribution in [0.3, 0.4) is 0 Å². The predicted molar refractivity (Wildman–Crippen MR) is 163 cm³/mol. The molecule has 1 aromatic rings. The maximum atomic E-state index is 12.2. The Kier molecular flexibility index (Phi) is 22.4. The second kappa shape index (κ2) is 25.0. The fraction of sp³-hybridized carbons (Fsp3) is 0.765. The lowest BCUT2D eigenvalue weighted by Crippen LogP contribution is -2.42. The molecule has 1 rings (SSSR count). The van der Waals surface area contributed by atoms with E-state index in [0.29, 0.717) is 6.42 Å². The number of carbonyl (C=O) groups excluding carboxylic acids is 1. The van der Waals surface area contributed by atoms with Gasteiger partial charge in [-0.1, -0.05) is 154 Å². The molecule has 5 nitrogen and oxygen atoms in total. The number of carboxylic acid groups (broad SMARTS) is 1. The molecule has 0 aromatic heterocycles. The molecule has 1 atom stereocenters. The number of unbranched alkanes of at least 4 members (excludes halogenated alkanes) is 21. The van der Waals surface area contributed by atoms with E-state index in [1.54, 1.807) is 12.1 Å². The molecule has 3 N–H and O–H groups in total. The molecule has 0 saturated carbocycles. The highest BCUT2D eigenvalue weighted by Crippen LogP contribution is 2.16. The van der Waals surface area contributed by atoms with Gasteiger partial charge in [-0.25, -0.2) is 4.79 Å². The molecule has 0 aliphatic heterocycles. The third-order valence-corrected chi connectivity index (χ3v) is 7.77. The molecule has 0 radical (unpaired) electrons. The molecule has 0 fully saturated rings. The Bertz CT molecular complexity index is 718. The maximum absolute atomic E-state index is 12.2. The number of carbonyl (C=O) groups is 2. The fourth-order valence-corrected chi connectivity index (χ4v) is 5.23. The third-order valence-electron chi connectivity index (χ3n) is 7.77. The van der Waals surface area contributed by atoms with Crippen LogP contribution >= 0.6 is 0 Å². The summed E-state index contributed by atoms with van der Waals surface area (Å²) in [5, 5.41) is 21.4. The van der Waals surface area contributed by atoms with Crippen molar-refractivity contribution < 1.29 is 19.8 Å². The SMILES string of the molecule is CCCCCCCCCCCCCCCCCCCCCCCCC(=O)N[C@@H](Cc1ccc(O)cc1)C(=O)O. The molecule has 1 aromatic carbocycles. The van der Waals surface area contributed by atoms with Crippen LogP contribution in [0.5, 0.6) is 5.75 Å². The van der Waals surface area contributed by atoms with Gasteiger partial charge in [-0.15, -0.1) is 0 Å². The minimum Gasteiger partial charge on any atom is -0.508 e. The van der Waals surface area contributed by atoms with E-state index >= 15 is 0 Å². The molecular weight excluding hydrogens is 486 g/mol. The summed E-state index contributed by atoms with van der Waals surface area (Å²) in [6.45, 7) is 2.28. The molecule has 0 saturated heterocycles. The predicted octanol–water partition coefficient (Wildman–Crippen LogP) is 9.50. The highest BCUT2D eigenvalue weighted by molar-refractivity contribution is 5.83. The quantitative estimate of drug-likeness (QED) is 0.0961. The molecule has 0 bridgehead atoms. The van der Waals surface area contributed by atoms with Crippen molar-refractivity contribution in [1.82, 2.24) is 5.32 Å². The van der Waals surface area contributed by atoms with Gasteiger partial charge >= 0.3 is 5.97 Å². The van der Waals surface area contributed by atoms with Gasteiger partial charge in [-0.2, -0.15) is 0 Å². The molecule has 0 spiro atoms. The Morgan fingerprint density at radius 3 is 1.33 bits per heavy atom. The second-order valence-electron chi connectivity index (χ2n) is 11.5. The molecular formula is C34H59NO4. The Hall–Kier alpha value is -2.04. The lowest BCUT2D eigenvalue weighted by molar-refractivity contribution is -0.141. The van der Waals surface area contributed by atoms with Crippen LogP contribution < -0.4 is 5.32 Å². The van der Waals surface area contributed by atoms with Crippen LogP contribution in [0, 0.1) is 0 Å². The van der Waals surface area contributed by atoms with Gasteiger partial charge in [0.05, 0.1) is 0 Å². The first kappa shape index (κ1) is 35.0. The van der Waals surface area contributed by atoms with Gasteiger partial charge in [-0.05, 0) is 24.1 Å². The summed E-state index contributed by atoms with van der Waals surface area (Å²) in [7, 11) is 0. The van der Waals surface area contributed by atoms with Crippen LogP contribution in [0.2, 0.25) is 0 Å². The van der Waals surface area contributed by atoms with E-state index in [1.165, 1.54) is 134 Å². The normalized spacial score (nSPS) is 11.9. The lowest BCUT2D eigenvalue weighted by atomic mass is 10.0. The monoisotopic (exact) mass is 545 g/mol. The van der Waals surface area contributed by atoms with Crippen molar-refractivity contribution in [2.45, 2.75) is 167 Å². The zero-order chi connectivity index (χ0) is 28.4. The fourth-order valence-electron chi connectivity index (χ4n) is 5.23. The highest BCUT2D eigenvalue weighted by atomic mass is 16.4. The van der Waals surface area contributed by atoms with Gasteiger partial charge in [0, 0.05) is 12.8 Å². The van der Waals surface area contributed by atoms with Gasteiger partial charge in [0.15, 0.2) is 0 Å². The molecule has 0 aliphatic carbocycles. The molecule has 0 unspecified atom stereocenters. The largest absolute Gasteiger partial charge is 0.508 e. The van der Waals surface area contributed by atoms with Gasteiger partial charge in [0.2, 0.25) is 5.91 Å². The van der Waals surface area contributed by atoms with Gasteiger partial charge in [0.25, 0.3) is 0 Å². The number of hydrogen-bond acceptors (Lipinski definition) is 3. The van der Waals surface area contributed by atoms with Crippen molar-refractivity contribution >= 4 is 11.9 Å². The Balaban J connectivity index is 1.85. The van der Waals surface area contributed by atoms with Crippen LogP contribution in [0.1, 0.15) is 160 Å². The van der Waals surface area contributed by atoms with E-state index < -0.39 is 12.0 Å². The summed E-state index contributed by atoms with van der Waals surface area (Å²) in [5.74, 6) is -1.10. The molecule has 0 aliphatic rings. The lowest BCUT2D eigenvalue weighted by Gasteiger charge is -2.14. The van der Waals surface area contributed by atoms with Crippen molar-refractivity contribution in [3.05, 3.63) is 29.8 Å². The first-order valence-corrected chi connectivity index (χ1v) is 16.3. The molecule has 39 heavy (non-hydrogen) atoms. The number of aliphatic carboxylic acids is 1. The molecule has 5 heteroatoms. The van der Waals surface area contributed by atoms with E-state index in [4.69, 9.17) is 0 Å². The van der Waals surface area contributed by atoms with E-state index in [9.17, 15) is 19.8 Å². The van der Waals surface area contributed by atoms with E-state index in [-0.39, 0.29) is 18.1 Å². The minimum absolute atomic E-state index is 0.139. The summed E-state index contributed by atoms with van der Waals surface area (Å²) in [5.41, 5.74) is 0.768. The number of aromatic hydroxyl groups is 1. The summed E-state index contributed by atoms with van der Waals surface area (Å²) in [4.78, 5) is 23.7. The zero-order valence-electron chi connectivity index (χ0n) is 25.1. The number of phenols is 1. The topological polar surface area (TPSA) is 86.6 Å². The van der Waals surface area contributed by atoms with Crippen molar-refractivity contribution in [3.8, 4) is 5.75 Å². The summed E-state index contributed by atoms with van der Waals surface area (Å²) >= 11 is 0. The van der Waals surface area contributed by atoms with Crippen molar-refractivity contribution in [2.24, 2.45) is 0 Å². The van der Waals surface area contributed by atoms with Crippen molar-refractivity contribution in [2.75, 3.05) is 0 Å². The van der Waals surface area contributed by atoms with Crippen molar-refractivity contribution in [3.63, 3.8) is 0 Å². The zero-order valence-corrected chi connectivity index (χ0v) is 25.1. The maximum Gasteiger partial charge on any atom is 0.326 e. The first-order chi connectivity index (χ1) is 19.0. The number of hydrogen-bond donors (Lipinski definition) is 3. The van der Waals surface area contributed by atoms with Crippen LogP contribution in [0.15, 0.2) is 24.3 Å². The summed E-state index contributed by atoms with van der Waals surface area (Å²) in [6.07, 6.45) is 29.9. The van der Waals surface area contributed by atoms with Crippen LogP contribution in [-0.4, -0.2) is 28.1 Å². The van der Waals surface area contributed by atoms with E-state index in [1.807, 2.05) is 0 Å². The molecule has 224 valence electrons. The minimum atomic E-state index is -1.04. The van der Waals surface area contributed by atoms with Crippen LogP contribution in [0.4, 0.5) is 0 Å². The summed E-state index contributed by atoms with van der Waals surface area (Å²) < 4.78 is 0. The number of phenolic OH excluding ortho intramolecular Hbond substituents is 1. The molecule has 1 amide bonds. The second-order valence-corrected chi connectivity index (χ2v) is 11.5. The number of rotatable bonds is 27. The van der Waals surface area contributed by atoms with Gasteiger partial charge in [0.1, 0.15) is 11.8 Å².